The van der Waals surface area contributed by atoms with Crippen LogP contribution in [0.25, 0.3) is 0 Å². The van der Waals surface area contributed by atoms with Crippen molar-refractivity contribution in [3.05, 3.63) is 23.4 Å². The first-order valence-electron chi connectivity index (χ1n) is 7.39. The molecule has 0 radical (unpaired) electrons. The molecular formula is C16H22N2O4. The summed E-state index contributed by atoms with van der Waals surface area (Å²) >= 11 is 0. The summed E-state index contributed by atoms with van der Waals surface area (Å²) in [4.78, 5) is 30.2. The number of carbonyl (C=O) groups excluding carboxylic acids is 2. The van der Waals surface area contributed by atoms with E-state index >= 15 is 0 Å². The third kappa shape index (κ3) is 3.05. The van der Waals surface area contributed by atoms with Crippen molar-refractivity contribution in [1.29, 1.82) is 0 Å². The molecule has 0 amide bonds. The number of rotatable bonds is 4. The maximum Gasteiger partial charge on any atom is 0.339 e. The fourth-order valence-electron chi connectivity index (χ4n) is 2.68. The molecule has 1 aromatic heterocycles. The Kier molecular flexibility index (Phi) is 4.68. The Labute approximate surface area is 130 Å². The van der Waals surface area contributed by atoms with E-state index in [9.17, 15) is 9.59 Å². The minimum absolute atomic E-state index is 0.166. The third-order valence-corrected chi connectivity index (χ3v) is 4.04. The lowest BCUT2D eigenvalue weighted by Crippen LogP contribution is -2.33. The largest absolute Gasteiger partial charge is 0.466 e. The Morgan fingerprint density at radius 3 is 2.73 bits per heavy atom. The van der Waals surface area contributed by atoms with Gasteiger partial charge in [-0.05, 0) is 39.3 Å². The van der Waals surface area contributed by atoms with Gasteiger partial charge in [-0.1, -0.05) is 0 Å². The molecule has 0 aliphatic carbocycles. The molecule has 0 saturated carbocycles. The van der Waals surface area contributed by atoms with Gasteiger partial charge >= 0.3 is 11.9 Å². The number of methoxy groups -OCH3 is 1. The number of pyridine rings is 1. The van der Waals surface area contributed by atoms with E-state index in [0.29, 0.717) is 24.4 Å². The molecule has 2 rings (SSSR count). The van der Waals surface area contributed by atoms with Gasteiger partial charge < -0.3 is 14.4 Å². The lowest BCUT2D eigenvalue weighted by molar-refractivity contribution is -0.153. The molecule has 0 bridgehead atoms. The second-order valence-electron chi connectivity index (χ2n) is 5.75. The zero-order valence-electron chi connectivity index (χ0n) is 13.5. The predicted molar refractivity (Wildman–Crippen MR) is 81.9 cm³/mol. The number of anilines is 1. The lowest BCUT2D eigenvalue weighted by Gasteiger charge is -2.23. The van der Waals surface area contributed by atoms with E-state index in [1.54, 1.807) is 19.1 Å². The van der Waals surface area contributed by atoms with Gasteiger partial charge in [-0.25, -0.2) is 9.78 Å². The minimum atomic E-state index is -0.507. The highest BCUT2D eigenvalue weighted by molar-refractivity contribution is 5.90. The van der Waals surface area contributed by atoms with Crippen molar-refractivity contribution in [1.82, 2.24) is 4.98 Å². The van der Waals surface area contributed by atoms with E-state index in [4.69, 9.17) is 9.47 Å². The van der Waals surface area contributed by atoms with Crippen LogP contribution in [0.15, 0.2) is 12.1 Å². The summed E-state index contributed by atoms with van der Waals surface area (Å²) < 4.78 is 9.87. The van der Waals surface area contributed by atoms with Gasteiger partial charge in [-0.3, -0.25) is 4.79 Å². The minimum Gasteiger partial charge on any atom is -0.466 e. The second kappa shape index (κ2) is 6.34. The van der Waals surface area contributed by atoms with E-state index in [-0.39, 0.29) is 5.97 Å². The van der Waals surface area contributed by atoms with E-state index in [0.717, 1.165) is 18.8 Å². The molecule has 6 heteroatoms. The Morgan fingerprint density at radius 2 is 2.14 bits per heavy atom. The van der Waals surface area contributed by atoms with Crippen LogP contribution in [-0.4, -0.2) is 43.7 Å². The maximum absolute atomic E-state index is 12.1. The second-order valence-corrected chi connectivity index (χ2v) is 5.75. The quantitative estimate of drug-likeness (QED) is 0.792. The van der Waals surface area contributed by atoms with Crippen LogP contribution in [0.3, 0.4) is 0 Å². The summed E-state index contributed by atoms with van der Waals surface area (Å²) in [7, 11) is 1.35. The highest BCUT2D eigenvalue weighted by Crippen LogP contribution is 2.34. The van der Waals surface area contributed by atoms with E-state index in [2.05, 4.69) is 4.98 Å². The number of esters is 2. The average molecular weight is 306 g/mol. The molecule has 1 aliphatic heterocycles. The Morgan fingerprint density at radius 1 is 1.41 bits per heavy atom. The molecular weight excluding hydrogens is 284 g/mol. The fourth-order valence-corrected chi connectivity index (χ4v) is 2.68. The Bertz CT molecular complexity index is 588. The van der Waals surface area contributed by atoms with Gasteiger partial charge in [-0.2, -0.15) is 0 Å². The first-order valence-corrected chi connectivity index (χ1v) is 7.39. The number of hydrogen-bond donors (Lipinski definition) is 0. The van der Waals surface area contributed by atoms with Crippen LogP contribution in [0.1, 0.15) is 36.3 Å². The predicted octanol–water partition coefficient (Wildman–Crippen LogP) is 1.96. The molecule has 0 aromatic carbocycles. The SMILES string of the molecule is CCOC(=O)C1(C)CCN(c2ccc(C(=O)OC)c(C)n2)C1. The molecule has 1 fully saturated rings. The summed E-state index contributed by atoms with van der Waals surface area (Å²) in [5, 5.41) is 0. The van der Waals surface area contributed by atoms with E-state index in [1.165, 1.54) is 7.11 Å². The first kappa shape index (κ1) is 16.3. The Balaban J connectivity index is 2.16. The van der Waals surface area contributed by atoms with Crippen LogP contribution >= 0.6 is 0 Å². The molecule has 0 N–H and O–H groups in total. The smallest absolute Gasteiger partial charge is 0.339 e. The summed E-state index contributed by atoms with van der Waals surface area (Å²) in [5.41, 5.74) is 0.569. The van der Waals surface area contributed by atoms with Crippen molar-refractivity contribution >= 4 is 17.8 Å². The molecule has 2 heterocycles. The summed E-state index contributed by atoms with van der Waals surface area (Å²) in [6.07, 6.45) is 0.727. The fraction of sp³-hybridized carbons (Fsp3) is 0.562. The van der Waals surface area contributed by atoms with Crippen molar-refractivity contribution < 1.29 is 19.1 Å². The van der Waals surface area contributed by atoms with Gasteiger partial charge in [0.1, 0.15) is 5.82 Å². The molecule has 6 nitrogen and oxygen atoms in total. The van der Waals surface area contributed by atoms with Crippen molar-refractivity contribution in [3.8, 4) is 0 Å². The monoisotopic (exact) mass is 306 g/mol. The number of aryl methyl sites for hydroxylation is 1. The van der Waals surface area contributed by atoms with Gasteiger partial charge in [0.05, 0.1) is 30.4 Å². The molecule has 1 atom stereocenters. The van der Waals surface area contributed by atoms with Crippen LogP contribution in [0.2, 0.25) is 0 Å². The van der Waals surface area contributed by atoms with E-state index in [1.807, 2.05) is 18.7 Å². The average Bonchev–Trinajstić information content (AvgIpc) is 2.90. The molecule has 0 spiro atoms. The van der Waals surface area contributed by atoms with Gasteiger partial charge in [-0.15, -0.1) is 0 Å². The lowest BCUT2D eigenvalue weighted by atomic mass is 9.90. The molecule has 1 unspecified atom stereocenters. The van der Waals surface area contributed by atoms with Gasteiger partial charge in [0.15, 0.2) is 0 Å². The van der Waals surface area contributed by atoms with Crippen LogP contribution in [0, 0.1) is 12.3 Å². The molecule has 1 saturated heterocycles. The Hall–Kier alpha value is -2.11. The number of hydrogen-bond acceptors (Lipinski definition) is 6. The summed E-state index contributed by atoms with van der Waals surface area (Å²) in [5.74, 6) is 0.202. The highest BCUT2D eigenvalue weighted by atomic mass is 16.5. The van der Waals surface area contributed by atoms with Crippen molar-refractivity contribution in [3.63, 3.8) is 0 Å². The van der Waals surface area contributed by atoms with E-state index < -0.39 is 11.4 Å². The van der Waals surface area contributed by atoms with Crippen molar-refractivity contribution in [2.45, 2.75) is 27.2 Å². The molecule has 22 heavy (non-hydrogen) atoms. The number of carbonyl (C=O) groups is 2. The van der Waals surface area contributed by atoms with Gasteiger partial charge in [0.2, 0.25) is 0 Å². The topological polar surface area (TPSA) is 68.7 Å². The number of ether oxygens (including phenoxy) is 2. The van der Waals surface area contributed by atoms with Gasteiger partial charge in [0.25, 0.3) is 0 Å². The molecule has 120 valence electrons. The third-order valence-electron chi connectivity index (χ3n) is 4.04. The number of nitrogens with zero attached hydrogens (tertiary/aromatic N) is 2. The van der Waals surface area contributed by atoms with Crippen molar-refractivity contribution in [2.75, 3.05) is 31.7 Å². The summed E-state index contributed by atoms with van der Waals surface area (Å²) in [6, 6.07) is 3.50. The zero-order chi connectivity index (χ0) is 16.3. The van der Waals surface area contributed by atoms with Crippen LogP contribution in [-0.2, 0) is 14.3 Å². The normalized spacial score (nSPS) is 20.8. The highest BCUT2D eigenvalue weighted by Gasteiger charge is 2.42. The molecule has 1 aliphatic rings. The van der Waals surface area contributed by atoms with Crippen molar-refractivity contribution in [2.24, 2.45) is 5.41 Å². The van der Waals surface area contributed by atoms with Crippen LogP contribution in [0.4, 0.5) is 5.82 Å². The van der Waals surface area contributed by atoms with Crippen LogP contribution < -0.4 is 4.90 Å². The number of aromatic nitrogens is 1. The maximum atomic E-state index is 12.1. The molecule has 1 aromatic rings. The first-order chi connectivity index (χ1) is 10.4. The van der Waals surface area contributed by atoms with Crippen LogP contribution in [0.5, 0.6) is 0 Å². The summed E-state index contributed by atoms with van der Waals surface area (Å²) in [6.45, 7) is 7.19. The van der Waals surface area contributed by atoms with Gasteiger partial charge in [0, 0.05) is 13.1 Å². The standard InChI is InChI=1S/C16H22N2O4/c1-5-22-15(20)16(3)8-9-18(10-16)13-7-6-12(11(2)17-13)14(19)21-4/h6-7H,5,8-10H2,1-4H3. The zero-order valence-corrected chi connectivity index (χ0v) is 13.5.